The third kappa shape index (κ3) is 2.31. The van der Waals surface area contributed by atoms with E-state index < -0.39 is 0 Å². The van der Waals surface area contributed by atoms with Gasteiger partial charge in [0.05, 0.1) is 0 Å². The van der Waals surface area contributed by atoms with Crippen LogP contribution in [0.15, 0.2) is 18.5 Å². The van der Waals surface area contributed by atoms with Gasteiger partial charge >= 0.3 is 0 Å². The molecule has 0 bridgehead atoms. The van der Waals surface area contributed by atoms with Gasteiger partial charge in [-0.2, -0.15) is 0 Å². The minimum absolute atomic E-state index is 0.869. The maximum absolute atomic E-state index is 4.49. The van der Waals surface area contributed by atoms with Crippen LogP contribution in [0.1, 0.15) is 24.8 Å². The van der Waals surface area contributed by atoms with E-state index in [2.05, 4.69) is 26.3 Å². The first-order valence-electron chi connectivity index (χ1n) is 6.40. The quantitative estimate of drug-likeness (QED) is 0.835. The fourth-order valence-electron chi connectivity index (χ4n) is 2.45. The Morgan fingerprint density at radius 3 is 2.53 bits per heavy atom. The lowest BCUT2D eigenvalue weighted by molar-refractivity contribution is 0.579. The van der Waals surface area contributed by atoms with Gasteiger partial charge in [-0.25, -0.2) is 9.97 Å². The van der Waals surface area contributed by atoms with E-state index in [1.54, 1.807) is 0 Å². The molecular weight excluding hydrogens is 212 g/mol. The Bertz CT molecular complexity index is 404. The zero-order valence-electron chi connectivity index (χ0n) is 10.0. The summed E-state index contributed by atoms with van der Waals surface area (Å²) in [5.74, 6) is 0.869. The van der Waals surface area contributed by atoms with Crippen LogP contribution in [0.2, 0.25) is 0 Å². The van der Waals surface area contributed by atoms with Crippen LogP contribution in [0.5, 0.6) is 0 Å². The molecule has 0 spiro atoms. The summed E-state index contributed by atoms with van der Waals surface area (Å²) in [5, 5.41) is 3.33. The SMILES string of the molecule is C1=C(c2cnc(N3CCNCC3)nc2)CCC1. The van der Waals surface area contributed by atoms with Gasteiger partial charge in [0.2, 0.25) is 5.95 Å². The number of nitrogens with zero attached hydrogens (tertiary/aromatic N) is 3. The van der Waals surface area contributed by atoms with Gasteiger partial charge in [0, 0.05) is 44.1 Å². The summed E-state index contributed by atoms with van der Waals surface area (Å²) in [7, 11) is 0. The minimum atomic E-state index is 0.869. The first-order valence-corrected chi connectivity index (χ1v) is 6.40. The Kier molecular flexibility index (Phi) is 3.05. The lowest BCUT2D eigenvalue weighted by Gasteiger charge is -2.27. The van der Waals surface area contributed by atoms with E-state index in [0.717, 1.165) is 32.1 Å². The van der Waals surface area contributed by atoms with Gasteiger partial charge < -0.3 is 10.2 Å². The molecule has 0 amide bonds. The number of piperazine rings is 1. The summed E-state index contributed by atoms with van der Waals surface area (Å²) in [4.78, 5) is 11.2. The van der Waals surface area contributed by atoms with Crippen LogP contribution in [0.25, 0.3) is 5.57 Å². The van der Waals surface area contributed by atoms with E-state index in [9.17, 15) is 0 Å². The molecule has 17 heavy (non-hydrogen) atoms. The highest BCUT2D eigenvalue weighted by atomic mass is 15.3. The van der Waals surface area contributed by atoms with E-state index in [4.69, 9.17) is 0 Å². The molecule has 90 valence electrons. The number of anilines is 1. The van der Waals surface area contributed by atoms with Crippen LogP contribution in [-0.4, -0.2) is 36.1 Å². The van der Waals surface area contributed by atoms with Gasteiger partial charge in [-0.05, 0) is 24.8 Å². The molecule has 0 unspecified atom stereocenters. The Morgan fingerprint density at radius 1 is 1.12 bits per heavy atom. The number of rotatable bonds is 2. The average Bonchev–Trinajstić information content (AvgIpc) is 2.94. The molecule has 1 saturated heterocycles. The minimum Gasteiger partial charge on any atom is -0.338 e. The summed E-state index contributed by atoms with van der Waals surface area (Å²) in [6.07, 6.45) is 9.91. The summed E-state index contributed by atoms with van der Waals surface area (Å²) >= 11 is 0. The van der Waals surface area contributed by atoms with E-state index in [0.29, 0.717) is 0 Å². The molecule has 1 aromatic rings. The van der Waals surface area contributed by atoms with Gasteiger partial charge in [-0.15, -0.1) is 0 Å². The number of aromatic nitrogens is 2. The smallest absolute Gasteiger partial charge is 0.225 e. The molecule has 0 saturated carbocycles. The number of allylic oxidation sites excluding steroid dienone is 2. The number of hydrogen-bond acceptors (Lipinski definition) is 4. The van der Waals surface area contributed by atoms with Gasteiger partial charge in [-0.1, -0.05) is 6.08 Å². The van der Waals surface area contributed by atoms with Crippen molar-refractivity contribution >= 4 is 11.5 Å². The van der Waals surface area contributed by atoms with Crippen molar-refractivity contribution in [1.82, 2.24) is 15.3 Å². The molecule has 3 rings (SSSR count). The highest BCUT2D eigenvalue weighted by Crippen LogP contribution is 2.26. The molecule has 0 aromatic carbocycles. The van der Waals surface area contributed by atoms with Crippen molar-refractivity contribution in [1.29, 1.82) is 0 Å². The van der Waals surface area contributed by atoms with Crippen LogP contribution >= 0.6 is 0 Å². The number of hydrogen-bond donors (Lipinski definition) is 1. The average molecular weight is 230 g/mol. The van der Waals surface area contributed by atoms with Crippen LogP contribution in [0.3, 0.4) is 0 Å². The summed E-state index contributed by atoms with van der Waals surface area (Å²) < 4.78 is 0. The van der Waals surface area contributed by atoms with Gasteiger partial charge in [0.15, 0.2) is 0 Å². The molecule has 1 N–H and O–H groups in total. The number of nitrogens with one attached hydrogen (secondary N) is 1. The van der Waals surface area contributed by atoms with Crippen molar-refractivity contribution < 1.29 is 0 Å². The molecule has 1 aliphatic heterocycles. The second-order valence-corrected chi connectivity index (χ2v) is 4.63. The molecule has 2 heterocycles. The van der Waals surface area contributed by atoms with E-state index in [1.807, 2.05) is 12.4 Å². The molecule has 2 aliphatic rings. The third-order valence-corrected chi connectivity index (χ3v) is 3.45. The monoisotopic (exact) mass is 230 g/mol. The lowest BCUT2D eigenvalue weighted by atomic mass is 10.1. The van der Waals surface area contributed by atoms with Crippen LogP contribution in [0.4, 0.5) is 5.95 Å². The van der Waals surface area contributed by atoms with Crippen LogP contribution in [0, 0.1) is 0 Å². The normalized spacial score (nSPS) is 20.5. The van der Waals surface area contributed by atoms with Crippen molar-refractivity contribution in [2.45, 2.75) is 19.3 Å². The molecule has 4 heteroatoms. The van der Waals surface area contributed by atoms with Crippen molar-refractivity contribution in [2.24, 2.45) is 0 Å². The highest BCUT2D eigenvalue weighted by Gasteiger charge is 2.13. The van der Waals surface area contributed by atoms with Crippen LogP contribution in [-0.2, 0) is 0 Å². The first-order chi connectivity index (χ1) is 8.43. The Labute approximate surface area is 102 Å². The molecule has 0 atom stereocenters. The zero-order valence-corrected chi connectivity index (χ0v) is 10.0. The van der Waals surface area contributed by atoms with Crippen molar-refractivity contribution in [3.8, 4) is 0 Å². The Morgan fingerprint density at radius 2 is 1.88 bits per heavy atom. The fourth-order valence-corrected chi connectivity index (χ4v) is 2.45. The summed E-state index contributed by atoms with van der Waals surface area (Å²) in [6, 6.07) is 0. The second-order valence-electron chi connectivity index (χ2n) is 4.63. The third-order valence-electron chi connectivity index (χ3n) is 3.45. The molecule has 1 aromatic heterocycles. The van der Waals surface area contributed by atoms with Crippen molar-refractivity contribution in [3.05, 3.63) is 24.0 Å². The highest BCUT2D eigenvalue weighted by molar-refractivity contribution is 5.66. The Balaban J connectivity index is 1.75. The molecule has 1 aliphatic carbocycles. The predicted molar refractivity (Wildman–Crippen MR) is 68.9 cm³/mol. The van der Waals surface area contributed by atoms with Gasteiger partial charge in [0.1, 0.15) is 0 Å². The topological polar surface area (TPSA) is 41.1 Å². The van der Waals surface area contributed by atoms with Gasteiger partial charge in [0.25, 0.3) is 0 Å². The van der Waals surface area contributed by atoms with Crippen molar-refractivity contribution in [3.63, 3.8) is 0 Å². The fraction of sp³-hybridized carbons (Fsp3) is 0.538. The standard InChI is InChI=1S/C13H18N4/c1-2-4-11(3-1)12-9-15-13(16-10-12)17-7-5-14-6-8-17/h3,9-10,14H,1-2,4-8H2. The predicted octanol–water partition coefficient (Wildman–Crippen LogP) is 1.45. The molecule has 4 nitrogen and oxygen atoms in total. The molecular formula is C13H18N4. The largest absolute Gasteiger partial charge is 0.338 e. The molecule has 1 fully saturated rings. The zero-order chi connectivity index (χ0) is 11.5. The second kappa shape index (κ2) is 4.84. The van der Waals surface area contributed by atoms with Gasteiger partial charge in [-0.3, -0.25) is 0 Å². The van der Waals surface area contributed by atoms with E-state index >= 15 is 0 Å². The molecule has 0 radical (unpaired) electrons. The maximum Gasteiger partial charge on any atom is 0.225 e. The van der Waals surface area contributed by atoms with E-state index in [1.165, 1.54) is 30.4 Å². The first kappa shape index (κ1) is 10.7. The van der Waals surface area contributed by atoms with Crippen LogP contribution < -0.4 is 10.2 Å². The van der Waals surface area contributed by atoms with E-state index in [-0.39, 0.29) is 0 Å². The Hall–Kier alpha value is -1.42. The summed E-state index contributed by atoms with van der Waals surface area (Å²) in [6.45, 7) is 4.05. The lowest BCUT2D eigenvalue weighted by Crippen LogP contribution is -2.44. The maximum atomic E-state index is 4.49. The van der Waals surface area contributed by atoms with Crippen molar-refractivity contribution in [2.75, 3.05) is 31.1 Å². The summed E-state index contributed by atoms with van der Waals surface area (Å²) in [5.41, 5.74) is 2.61.